The molecule has 2 rings (SSSR count). The van der Waals surface area contributed by atoms with Crippen molar-refractivity contribution in [2.24, 2.45) is 11.1 Å². The smallest absolute Gasteiger partial charge is 0.142 e. The van der Waals surface area contributed by atoms with Gasteiger partial charge in [0, 0.05) is 5.92 Å². The Morgan fingerprint density at radius 3 is 2.73 bits per heavy atom. The number of hydrogen-bond acceptors (Lipinski definition) is 2. The predicted molar refractivity (Wildman–Crippen MR) is 61.5 cm³/mol. The fourth-order valence-electron chi connectivity index (χ4n) is 1.18. The van der Waals surface area contributed by atoms with Crippen molar-refractivity contribution >= 4 is 12.3 Å². The minimum atomic E-state index is 0.511. The second kappa shape index (κ2) is 4.78. The second-order valence-electron chi connectivity index (χ2n) is 3.71. The van der Waals surface area contributed by atoms with Crippen LogP contribution in [0.4, 0.5) is 0 Å². The first kappa shape index (κ1) is 9.97. The van der Waals surface area contributed by atoms with Gasteiger partial charge in [0.05, 0.1) is 0 Å². The van der Waals surface area contributed by atoms with Gasteiger partial charge in [0.2, 0.25) is 0 Å². The van der Waals surface area contributed by atoms with Crippen molar-refractivity contribution in [3.8, 4) is 0 Å². The molecule has 1 aromatic rings. The SMILES string of the molecule is C=Cc1ccc(CO/N=[C]\C2CC2)cc1. The molecule has 1 radical (unpaired) electrons. The van der Waals surface area contributed by atoms with Crippen molar-refractivity contribution < 1.29 is 4.84 Å². The van der Waals surface area contributed by atoms with Crippen molar-refractivity contribution in [2.45, 2.75) is 19.4 Å². The van der Waals surface area contributed by atoms with Crippen LogP contribution >= 0.6 is 0 Å². The van der Waals surface area contributed by atoms with Gasteiger partial charge in [-0.05, 0) is 24.0 Å². The van der Waals surface area contributed by atoms with E-state index in [9.17, 15) is 0 Å². The van der Waals surface area contributed by atoms with E-state index in [2.05, 4.69) is 17.9 Å². The number of benzene rings is 1. The third-order valence-electron chi connectivity index (χ3n) is 2.32. The lowest BCUT2D eigenvalue weighted by molar-refractivity contribution is 0.131. The Hall–Kier alpha value is -1.57. The largest absolute Gasteiger partial charge is 0.391 e. The lowest BCUT2D eigenvalue weighted by Crippen LogP contribution is -1.88. The zero-order chi connectivity index (χ0) is 10.5. The van der Waals surface area contributed by atoms with Crippen LogP contribution in [0.2, 0.25) is 0 Å². The summed E-state index contributed by atoms with van der Waals surface area (Å²) in [5, 5.41) is 3.80. The minimum absolute atomic E-state index is 0.511. The van der Waals surface area contributed by atoms with Gasteiger partial charge in [-0.2, -0.15) is 0 Å². The van der Waals surface area contributed by atoms with Gasteiger partial charge in [-0.15, -0.1) is 0 Å². The minimum Gasteiger partial charge on any atom is -0.391 e. The Balaban J connectivity index is 1.79. The topological polar surface area (TPSA) is 21.6 Å². The molecular formula is C13H14NO. The lowest BCUT2D eigenvalue weighted by atomic mass is 10.1. The maximum atomic E-state index is 5.13. The molecule has 15 heavy (non-hydrogen) atoms. The standard InChI is InChI=1S/C13H14NO/c1-2-11-3-7-13(8-4-11)10-15-14-9-12-5-6-12/h2-4,7-8,12H,1,5-6,10H2. The molecule has 1 aliphatic carbocycles. The van der Waals surface area contributed by atoms with E-state index in [1.54, 1.807) is 0 Å². The van der Waals surface area contributed by atoms with Gasteiger partial charge in [-0.3, -0.25) is 0 Å². The van der Waals surface area contributed by atoms with E-state index in [1.165, 1.54) is 12.8 Å². The highest BCUT2D eigenvalue weighted by Gasteiger charge is 2.19. The predicted octanol–water partition coefficient (Wildman–Crippen LogP) is 3.12. The molecule has 0 aromatic heterocycles. The van der Waals surface area contributed by atoms with Crippen LogP contribution in [0, 0.1) is 5.92 Å². The van der Waals surface area contributed by atoms with E-state index in [0.29, 0.717) is 12.5 Å². The first-order chi connectivity index (χ1) is 7.38. The van der Waals surface area contributed by atoms with Gasteiger partial charge in [0.25, 0.3) is 0 Å². The molecule has 1 aliphatic rings. The Labute approximate surface area is 90.3 Å². The molecule has 1 aromatic carbocycles. The molecule has 1 fully saturated rings. The van der Waals surface area contributed by atoms with Gasteiger partial charge in [0.15, 0.2) is 0 Å². The summed E-state index contributed by atoms with van der Waals surface area (Å²) < 4.78 is 0. The molecule has 0 spiro atoms. The van der Waals surface area contributed by atoms with Crippen LogP contribution in [0.3, 0.4) is 0 Å². The van der Waals surface area contributed by atoms with Crippen molar-refractivity contribution in [1.29, 1.82) is 0 Å². The molecule has 0 saturated heterocycles. The van der Waals surface area contributed by atoms with Crippen LogP contribution in [0.15, 0.2) is 36.0 Å². The van der Waals surface area contributed by atoms with Gasteiger partial charge >= 0.3 is 0 Å². The average molecular weight is 200 g/mol. The first-order valence-corrected chi connectivity index (χ1v) is 5.17. The molecular weight excluding hydrogens is 186 g/mol. The van der Waals surface area contributed by atoms with E-state index < -0.39 is 0 Å². The Kier molecular flexibility index (Phi) is 3.18. The summed E-state index contributed by atoms with van der Waals surface area (Å²) in [5.74, 6) is 0.549. The van der Waals surface area contributed by atoms with E-state index in [0.717, 1.165) is 11.1 Å². The molecule has 2 heteroatoms. The molecule has 0 N–H and O–H groups in total. The molecule has 0 bridgehead atoms. The molecule has 0 aliphatic heterocycles. The summed E-state index contributed by atoms with van der Waals surface area (Å²) >= 11 is 0. The van der Waals surface area contributed by atoms with Gasteiger partial charge < -0.3 is 4.84 Å². The highest BCUT2D eigenvalue weighted by Crippen LogP contribution is 2.26. The fourth-order valence-corrected chi connectivity index (χ4v) is 1.18. The van der Waals surface area contributed by atoms with E-state index in [1.807, 2.05) is 30.3 Å². The highest BCUT2D eigenvalue weighted by molar-refractivity contribution is 5.62. The van der Waals surface area contributed by atoms with Gasteiger partial charge in [-0.1, -0.05) is 42.1 Å². The number of nitrogens with zero attached hydrogens (tertiary/aromatic N) is 1. The van der Waals surface area contributed by atoms with Crippen LogP contribution in [0.1, 0.15) is 24.0 Å². The molecule has 0 amide bonds. The van der Waals surface area contributed by atoms with Crippen molar-refractivity contribution in [1.82, 2.24) is 0 Å². The van der Waals surface area contributed by atoms with Crippen LogP contribution in [0.5, 0.6) is 0 Å². The summed E-state index contributed by atoms with van der Waals surface area (Å²) in [5.41, 5.74) is 2.23. The Morgan fingerprint density at radius 2 is 2.13 bits per heavy atom. The number of rotatable bonds is 5. The maximum absolute atomic E-state index is 5.13. The number of hydrogen-bond donors (Lipinski definition) is 0. The summed E-state index contributed by atoms with van der Waals surface area (Å²) in [4.78, 5) is 5.13. The van der Waals surface area contributed by atoms with Crippen molar-refractivity contribution in [3.63, 3.8) is 0 Å². The van der Waals surface area contributed by atoms with Gasteiger partial charge in [0.1, 0.15) is 12.8 Å². The normalized spacial score (nSPS) is 15.5. The summed E-state index contributed by atoms with van der Waals surface area (Å²) in [7, 11) is 0. The van der Waals surface area contributed by atoms with E-state index in [-0.39, 0.29) is 0 Å². The molecule has 0 heterocycles. The van der Waals surface area contributed by atoms with Crippen LogP contribution in [0.25, 0.3) is 6.08 Å². The summed E-state index contributed by atoms with van der Waals surface area (Å²) in [6.07, 6.45) is 7.18. The molecule has 1 saturated carbocycles. The van der Waals surface area contributed by atoms with E-state index in [4.69, 9.17) is 4.84 Å². The fraction of sp³-hybridized carbons (Fsp3) is 0.308. The lowest BCUT2D eigenvalue weighted by Gasteiger charge is -1.99. The van der Waals surface area contributed by atoms with Gasteiger partial charge in [-0.25, -0.2) is 0 Å². The molecule has 0 atom stereocenters. The summed E-state index contributed by atoms with van der Waals surface area (Å²) in [6, 6.07) is 8.06. The molecule has 77 valence electrons. The third-order valence-corrected chi connectivity index (χ3v) is 2.32. The molecule has 0 unspecified atom stereocenters. The van der Waals surface area contributed by atoms with Crippen molar-refractivity contribution in [3.05, 3.63) is 42.0 Å². The average Bonchev–Trinajstić information content (AvgIpc) is 3.09. The van der Waals surface area contributed by atoms with Crippen LogP contribution in [-0.4, -0.2) is 6.21 Å². The van der Waals surface area contributed by atoms with Crippen LogP contribution < -0.4 is 0 Å². The Bertz CT molecular complexity index is 349. The zero-order valence-corrected chi connectivity index (χ0v) is 8.65. The second-order valence-corrected chi connectivity index (χ2v) is 3.71. The quantitative estimate of drug-likeness (QED) is 0.528. The third kappa shape index (κ3) is 3.24. The zero-order valence-electron chi connectivity index (χ0n) is 8.65. The van der Waals surface area contributed by atoms with Crippen molar-refractivity contribution in [2.75, 3.05) is 0 Å². The van der Waals surface area contributed by atoms with E-state index >= 15 is 0 Å². The summed E-state index contributed by atoms with van der Waals surface area (Å²) in [6.45, 7) is 4.21. The molecule has 2 nitrogen and oxygen atoms in total. The Morgan fingerprint density at radius 1 is 1.40 bits per heavy atom. The maximum Gasteiger partial charge on any atom is 0.142 e. The van der Waals surface area contributed by atoms with Crippen LogP contribution in [-0.2, 0) is 11.4 Å². The monoisotopic (exact) mass is 200 g/mol. The first-order valence-electron chi connectivity index (χ1n) is 5.17. The highest BCUT2D eigenvalue weighted by atomic mass is 16.6.